The fourth-order valence-electron chi connectivity index (χ4n) is 3.93. The van der Waals surface area contributed by atoms with Crippen LogP contribution in [-0.4, -0.2) is 41.4 Å². The predicted octanol–water partition coefficient (Wildman–Crippen LogP) is 3.12. The quantitative estimate of drug-likeness (QED) is 0.655. The van der Waals surface area contributed by atoms with Crippen LogP contribution in [0.5, 0.6) is 0 Å². The highest BCUT2D eigenvalue weighted by molar-refractivity contribution is 5.98. The molecule has 0 atom stereocenters. The van der Waals surface area contributed by atoms with E-state index < -0.39 is 16.6 Å². The molecule has 1 N–H and O–H groups in total. The molecule has 1 aromatic carbocycles. The number of hydrogen-bond acceptors (Lipinski definition) is 4. The van der Waals surface area contributed by atoms with Crippen molar-refractivity contribution < 1.29 is 14.1 Å². The van der Waals surface area contributed by atoms with Gasteiger partial charge in [0.05, 0.1) is 4.92 Å². The molecule has 25 heavy (non-hydrogen) atoms. The number of amides is 1. The summed E-state index contributed by atoms with van der Waals surface area (Å²) in [7, 11) is 0. The van der Waals surface area contributed by atoms with E-state index in [1.807, 2.05) is 0 Å². The Hall–Kier alpha value is -2.02. The molecule has 1 saturated heterocycles. The monoisotopic (exact) mass is 349 g/mol. The number of carbonyl (C=O) groups excluding carboxylic acids is 1. The zero-order valence-electron chi connectivity index (χ0n) is 14.2. The van der Waals surface area contributed by atoms with Gasteiger partial charge in [-0.25, -0.2) is 4.39 Å². The van der Waals surface area contributed by atoms with Gasteiger partial charge >= 0.3 is 0 Å². The number of nitrogens with zero attached hydrogens (tertiary/aromatic N) is 2. The molecule has 0 unspecified atom stereocenters. The number of nitro benzene ring substituents is 1. The number of halogens is 1. The van der Waals surface area contributed by atoms with Gasteiger partial charge in [0.15, 0.2) is 0 Å². The van der Waals surface area contributed by atoms with Crippen LogP contribution >= 0.6 is 0 Å². The van der Waals surface area contributed by atoms with E-state index in [1.54, 1.807) is 0 Å². The summed E-state index contributed by atoms with van der Waals surface area (Å²) in [5.41, 5.74) is -0.573. The zero-order valence-corrected chi connectivity index (χ0v) is 14.2. The van der Waals surface area contributed by atoms with Crippen molar-refractivity contribution in [2.45, 2.75) is 44.6 Å². The molecule has 0 spiro atoms. The Bertz CT molecular complexity index is 638. The van der Waals surface area contributed by atoms with Gasteiger partial charge < -0.3 is 10.2 Å². The summed E-state index contributed by atoms with van der Waals surface area (Å²) in [6, 6.07) is 2.95. The second kappa shape index (κ2) is 7.91. The average Bonchev–Trinajstić information content (AvgIpc) is 3.09. The molecule has 2 aliphatic rings. The highest BCUT2D eigenvalue weighted by atomic mass is 19.1. The third-order valence-corrected chi connectivity index (χ3v) is 5.31. The third-order valence-electron chi connectivity index (χ3n) is 5.31. The number of carbonyl (C=O) groups is 1. The van der Waals surface area contributed by atoms with Gasteiger partial charge in [-0.3, -0.25) is 14.9 Å². The summed E-state index contributed by atoms with van der Waals surface area (Å²) >= 11 is 0. The van der Waals surface area contributed by atoms with Crippen molar-refractivity contribution in [1.29, 1.82) is 0 Å². The normalized spacial score (nSPS) is 19.9. The van der Waals surface area contributed by atoms with Crippen LogP contribution in [-0.2, 0) is 0 Å². The van der Waals surface area contributed by atoms with E-state index in [9.17, 15) is 19.3 Å². The van der Waals surface area contributed by atoms with Crippen LogP contribution in [0.3, 0.4) is 0 Å². The summed E-state index contributed by atoms with van der Waals surface area (Å²) in [6.45, 7) is 2.98. The topological polar surface area (TPSA) is 75.5 Å². The number of benzene rings is 1. The van der Waals surface area contributed by atoms with Gasteiger partial charge in [0, 0.05) is 31.7 Å². The van der Waals surface area contributed by atoms with E-state index in [1.165, 1.54) is 25.7 Å². The first-order valence-electron chi connectivity index (χ1n) is 9.00. The van der Waals surface area contributed by atoms with Crippen LogP contribution in [0, 0.1) is 21.8 Å². The number of piperidine rings is 1. The lowest BCUT2D eigenvalue weighted by molar-refractivity contribution is -0.385. The fourth-order valence-corrected chi connectivity index (χ4v) is 3.93. The van der Waals surface area contributed by atoms with Gasteiger partial charge in [-0.15, -0.1) is 0 Å². The zero-order chi connectivity index (χ0) is 17.8. The number of likely N-dealkylation sites (tertiary alicyclic amines) is 1. The lowest BCUT2D eigenvalue weighted by Gasteiger charge is -2.33. The minimum atomic E-state index is -0.654. The Morgan fingerprint density at radius 3 is 2.56 bits per heavy atom. The summed E-state index contributed by atoms with van der Waals surface area (Å²) in [6.07, 6.45) is 6.95. The number of nitro groups is 1. The van der Waals surface area contributed by atoms with Crippen molar-refractivity contribution in [1.82, 2.24) is 10.2 Å². The van der Waals surface area contributed by atoms with E-state index in [0.29, 0.717) is 0 Å². The molecule has 136 valence electrons. The predicted molar refractivity (Wildman–Crippen MR) is 91.9 cm³/mol. The minimum absolute atomic E-state index is 0.0183. The van der Waals surface area contributed by atoms with Gasteiger partial charge in [-0.05, 0) is 43.7 Å². The Morgan fingerprint density at radius 2 is 1.92 bits per heavy atom. The molecule has 0 aromatic heterocycles. The standard InChI is InChI=1S/C18H24FN3O3/c19-14-5-6-17(22(24)25)16(11-14)18(23)20-15-7-9-21(10-8-15)12-13-3-1-2-4-13/h5-6,11,13,15H,1-4,7-10,12H2,(H,20,23). The highest BCUT2D eigenvalue weighted by Crippen LogP contribution is 2.26. The summed E-state index contributed by atoms with van der Waals surface area (Å²) in [5.74, 6) is -0.413. The van der Waals surface area contributed by atoms with Gasteiger partial charge in [-0.2, -0.15) is 0 Å². The smallest absolute Gasteiger partial charge is 0.282 e. The third kappa shape index (κ3) is 4.54. The SMILES string of the molecule is O=C(NC1CCN(CC2CCCC2)CC1)c1cc(F)ccc1[N+](=O)[O-]. The van der Waals surface area contributed by atoms with Crippen molar-refractivity contribution in [2.24, 2.45) is 5.92 Å². The second-order valence-corrected chi connectivity index (χ2v) is 7.12. The van der Waals surface area contributed by atoms with Crippen LogP contribution < -0.4 is 5.32 Å². The van der Waals surface area contributed by atoms with E-state index in [2.05, 4.69) is 10.2 Å². The lowest BCUT2D eigenvalue weighted by atomic mass is 10.0. The molecule has 1 aromatic rings. The molecule has 1 amide bonds. The maximum Gasteiger partial charge on any atom is 0.282 e. The number of nitrogens with one attached hydrogen (secondary N) is 1. The van der Waals surface area contributed by atoms with E-state index in [-0.39, 0.29) is 17.3 Å². The Morgan fingerprint density at radius 1 is 1.24 bits per heavy atom. The maximum atomic E-state index is 13.4. The Kier molecular flexibility index (Phi) is 5.63. The minimum Gasteiger partial charge on any atom is -0.349 e. The van der Waals surface area contributed by atoms with Crippen LogP contribution in [0.4, 0.5) is 10.1 Å². The summed E-state index contributed by atoms with van der Waals surface area (Å²) in [5, 5.41) is 13.9. The largest absolute Gasteiger partial charge is 0.349 e. The fraction of sp³-hybridized carbons (Fsp3) is 0.611. The lowest BCUT2D eigenvalue weighted by Crippen LogP contribution is -2.45. The maximum absolute atomic E-state index is 13.4. The number of hydrogen-bond donors (Lipinski definition) is 1. The van der Waals surface area contributed by atoms with Crippen LogP contribution in [0.1, 0.15) is 48.9 Å². The van der Waals surface area contributed by atoms with Gasteiger partial charge in [0.2, 0.25) is 0 Å². The molecule has 1 heterocycles. The van der Waals surface area contributed by atoms with Crippen LogP contribution in [0.25, 0.3) is 0 Å². The Balaban J connectivity index is 1.54. The molecule has 6 nitrogen and oxygen atoms in total. The van der Waals surface area contributed by atoms with Crippen molar-refractivity contribution in [2.75, 3.05) is 19.6 Å². The van der Waals surface area contributed by atoms with E-state index in [4.69, 9.17) is 0 Å². The molecule has 0 bridgehead atoms. The molecule has 3 rings (SSSR count). The van der Waals surface area contributed by atoms with E-state index >= 15 is 0 Å². The van der Waals surface area contributed by atoms with E-state index in [0.717, 1.165) is 56.6 Å². The first-order chi connectivity index (χ1) is 12.0. The van der Waals surface area contributed by atoms with Gasteiger partial charge in [0.25, 0.3) is 11.6 Å². The first-order valence-corrected chi connectivity index (χ1v) is 9.00. The summed E-state index contributed by atoms with van der Waals surface area (Å²) in [4.78, 5) is 25.2. The van der Waals surface area contributed by atoms with Gasteiger partial charge in [-0.1, -0.05) is 12.8 Å². The molecule has 2 fully saturated rings. The molecule has 1 aliphatic carbocycles. The second-order valence-electron chi connectivity index (χ2n) is 7.12. The van der Waals surface area contributed by atoms with Crippen molar-refractivity contribution in [3.8, 4) is 0 Å². The van der Waals surface area contributed by atoms with Crippen molar-refractivity contribution >= 4 is 11.6 Å². The van der Waals surface area contributed by atoms with Crippen LogP contribution in [0.2, 0.25) is 0 Å². The molecule has 0 radical (unpaired) electrons. The van der Waals surface area contributed by atoms with Gasteiger partial charge in [0.1, 0.15) is 11.4 Å². The summed E-state index contributed by atoms with van der Waals surface area (Å²) < 4.78 is 13.4. The molecule has 7 heteroatoms. The highest BCUT2D eigenvalue weighted by Gasteiger charge is 2.27. The number of rotatable bonds is 5. The molecular formula is C18H24FN3O3. The Labute approximate surface area is 146 Å². The van der Waals surface area contributed by atoms with Crippen molar-refractivity contribution in [3.05, 3.63) is 39.7 Å². The average molecular weight is 349 g/mol. The molecular weight excluding hydrogens is 325 g/mol. The molecule has 1 aliphatic heterocycles. The molecule has 1 saturated carbocycles. The first kappa shape index (κ1) is 17.8. The van der Waals surface area contributed by atoms with Crippen LogP contribution in [0.15, 0.2) is 18.2 Å². The van der Waals surface area contributed by atoms with Crippen molar-refractivity contribution in [3.63, 3.8) is 0 Å².